The number of fused-ring (bicyclic) bond motifs is 3. The highest BCUT2D eigenvalue weighted by molar-refractivity contribution is 5.96. The molecule has 0 spiro atoms. The van der Waals surface area contributed by atoms with Crippen LogP contribution in [0.3, 0.4) is 0 Å². The van der Waals surface area contributed by atoms with Crippen molar-refractivity contribution >= 4 is 23.7 Å². The molecule has 272 valence electrons. The molecule has 1 aromatic heterocycles. The Bertz CT molecular complexity index is 1610. The number of ketones is 1. The summed E-state index contributed by atoms with van der Waals surface area (Å²) in [5, 5.41) is 10.3. The highest BCUT2D eigenvalue weighted by atomic mass is 16.6. The summed E-state index contributed by atoms with van der Waals surface area (Å²) in [6, 6.07) is 0. The van der Waals surface area contributed by atoms with E-state index in [4.69, 9.17) is 18.3 Å². The predicted octanol–water partition coefficient (Wildman–Crippen LogP) is 7.59. The fourth-order valence-electron chi connectivity index (χ4n) is 10.8. The molecule has 49 heavy (non-hydrogen) atoms. The average molecular weight is 685 g/mol. The second-order valence-electron chi connectivity index (χ2n) is 17.4. The lowest BCUT2D eigenvalue weighted by atomic mass is 9.35. The van der Waals surface area contributed by atoms with E-state index < -0.39 is 62.8 Å². The van der Waals surface area contributed by atoms with Crippen LogP contribution in [-0.4, -0.2) is 34.9 Å². The van der Waals surface area contributed by atoms with Crippen LogP contribution in [0.15, 0.2) is 25.3 Å². The summed E-state index contributed by atoms with van der Waals surface area (Å²) >= 11 is 0. The fourth-order valence-corrected chi connectivity index (χ4v) is 10.8. The van der Waals surface area contributed by atoms with Crippen molar-refractivity contribution in [2.45, 2.75) is 140 Å². The minimum atomic E-state index is -1.28. The van der Waals surface area contributed by atoms with Crippen molar-refractivity contribution in [1.82, 2.24) is 0 Å². The van der Waals surface area contributed by atoms with Gasteiger partial charge in [-0.1, -0.05) is 60.5 Å². The lowest BCUT2D eigenvalue weighted by molar-refractivity contribution is -0.221. The zero-order valence-corrected chi connectivity index (χ0v) is 31.1. The Morgan fingerprint density at radius 2 is 1.61 bits per heavy atom. The van der Waals surface area contributed by atoms with Crippen molar-refractivity contribution in [3.05, 3.63) is 33.8 Å². The maximum absolute atomic E-state index is 14.8. The minimum Gasteiger partial charge on any atom is -0.481 e. The molecule has 1 N–H and O–H groups in total. The lowest BCUT2D eigenvalue weighted by Crippen LogP contribution is -2.67. The number of aliphatic carboxylic acids is 1. The number of esters is 2. The van der Waals surface area contributed by atoms with E-state index in [0.717, 1.165) is 18.4 Å². The van der Waals surface area contributed by atoms with Crippen LogP contribution >= 0.6 is 0 Å². The van der Waals surface area contributed by atoms with Crippen molar-refractivity contribution in [1.29, 1.82) is 0 Å². The maximum atomic E-state index is 14.8. The Morgan fingerprint density at radius 3 is 2.18 bits per heavy atom. The van der Waals surface area contributed by atoms with Gasteiger partial charge in [-0.05, 0) is 105 Å². The number of aryl methyl sites for hydroxylation is 1. The quantitative estimate of drug-likeness (QED) is 0.271. The third kappa shape index (κ3) is 5.54. The third-order valence-corrected chi connectivity index (χ3v) is 14.7. The fraction of sp³-hybridized carbons (Fsp3) is 0.769. The summed E-state index contributed by atoms with van der Waals surface area (Å²) in [4.78, 5) is 66.0. The highest BCUT2D eigenvalue weighted by Gasteiger charge is 2.71. The Kier molecular flexibility index (Phi) is 9.28. The highest BCUT2D eigenvalue weighted by Crippen LogP contribution is 2.72. The first-order valence-corrected chi connectivity index (χ1v) is 18.1. The molecule has 10 heteroatoms. The first-order valence-electron chi connectivity index (χ1n) is 18.1. The molecule has 1 aromatic rings. The Morgan fingerprint density at radius 1 is 0.939 bits per heavy atom. The van der Waals surface area contributed by atoms with E-state index in [-0.39, 0.29) is 47.6 Å². The van der Waals surface area contributed by atoms with E-state index in [1.54, 1.807) is 20.8 Å². The van der Waals surface area contributed by atoms with Crippen molar-refractivity contribution in [2.24, 2.45) is 50.2 Å². The first-order chi connectivity index (χ1) is 22.6. The molecule has 9 atom stereocenters. The summed E-state index contributed by atoms with van der Waals surface area (Å²) in [6.45, 7) is 19.8. The molecule has 3 saturated carbocycles. The van der Waals surface area contributed by atoms with Crippen LogP contribution in [0.4, 0.5) is 0 Å². The van der Waals surface area contributed by atoms with Crippen LogP contribution in [0.1, 0.15) is 132 Å². The number of hydrogen-bond acceptors (Lipinski definition) is 9. The van der Waals surface area contributed by atoms with Gasteiger partial charge in [0.1, 0.15) is 11.5 Å². The number of carbonyl (C=O) groups is 4. The Balaban J connectivity index is 1.57. The molecule has 0 radical (unpaired) electrons. The molecule has 3 fully saturated rings. The smallest absolute Gasteiger partial charge is 0.481 e. The largest absolute Gasteiger partial charge is 0.519 e. The monoisotopic (exact) mass is 684 g/mol. The molecule has 0 saturated heterocycles. The minimum absolute atomic E-state index is 0.0283. The van der Waals surface area contributed by atoms with E-state index in [9.17, 15) is 29.1 Å². The maximum Gasteiger partial charge on any atom is 0.519 e. The normalized spacial score (nSPS) is 40.0. The molecular formula is C39H56O10. The molecule has 0 aliphatic heterocycles. The van der Waals surface area contributed by atoms with Gasteiger partial charge in [0.25, 0.3) is 0 Å². The van der Waals surface area contributed by atoms with E-state index in [1.165, 1.54) is 0 Å². The number of carboxylic acids is 1. The molecule has 0 bridgehead atoms. The van der Waals surface area contributed by atoms with Crippen LogP contribution in [-0.2, 0) is 35.3 Å². The number of carboxylic acid groups (broad SMARTS) is 1. The van der Waals surface area contributed by atoms with Gasteiger partial charge in [0.2, 0.25) is 0 Å². The van der Waals surface area contributed by atoms with Crippen LogP contribution in [0, 0.1) is 57.2 Å². The second-order valence-corrected chi connectivity index (χ2v) is 17.4. The molecule has 0 aromatic carbocycles. The summed E-state index contributed by atoms with van der Waals surface area (Å²) in [5.41, 5.74) is -2.80. The van der Waals surface area contributed by atoms with Gasteiger partial charge in [0.15, 0.2) is 23.9 Å². The van der Waals surface area contributed by atoms with E-state index in [2.05, 4.69) is 41.5 Å². The number of ether oxygens (including phenoxy) is 2. The van der Waals surface area contributed by atoms with Crippen molar-refractivity contribution in [3.63, 3.8) is 0 Å². The third-order valence-electron chi connectivity index (χ3n) is 14.7. The summed E-state index contributed by atoms with van der Waals surface area (Å²) in [6.07, 6.45) is 6.21. The number of carbonyl (C=O) groups excluding carboxylic acids is 3. The van der Waals surface area contributed by atoms with Crippen LogP contribution in [0.2, 0.25) is 0 Å². The van der Waals surface area contributed by atoms with Gasteiger partial charge in [-0.2, -0.15) is 0 Å². The summed E-state index contributed by atoms with van der Waals surface area (Å²) < 4.78 is 21.8. The van der Waals surface area contributed by atoms with Crippen LogP contribution in [0.25, 0.3) is 0 Å². The van der Waals surface area contributed by atoms with Gasteiger partial charge in [-0.3, -0.25) is 19.2 Å². The van der Waals surface area contributed by atoms with Gasteiger partial charge in [0, 0.05) is 12.3 Å². The van der Waals surface area contributed by atoms with E-state index in [0.29, 0.717) is 38.5 Å². The SMILES string of the molecule is CCC(=O)O[C@H]1CC[C@@]2(C)C(CC[C@]3(C)[C@@H]2C(=O)C=C([C@@H]2C[C@@](C)(C(=O)O)CC[C@]2(C)CC)C3(C)C)[C@]1(C)C(=O)OCc1oc(=O)oc1C. The molecule has 10 nitrogen and oxygen atoms in total. The topological polar surface area (TPSA) is 150 Å². The molecule has 4 aliphatic rings. The Labute approximate surface area is 289 Å². The molecule has 1 heterocycles. The molecule has 1 unspecified atom stereocenters. The summed E-state index contributed by atoms with van der Waals surface area (Å²) in [5.74, 6) is -3.14. The second kappa shape index (κ2) is 12.3. The van der Waals surface area contributed by atoms with Crippen molar-refractivity contribution in [3.8, 4) is 0 Å². The zero-order valence-electron chi connectivity index (χ0n) is 31.1. The van der Waals surface area contributed by atoms with E-state index in [1.807, 2.05) is 13.0 Å². The standard InChI is InChI=1S/C39H56O10/c1-11-29(41)49-28-14-15-37(8)27(39(28,10)32(44)46-21-26-22(3)47-33(45)48-26)13-16-38(9)30(37)25(40)19-23(34(38,4)5)24-20-36(7,31(42)43)18-17-35(24,6)12-2/h19,24,27-28,30H,11-18,20-21H2,1-10H3,(H,42,43)/t24-,27?,28-,30+,35-,36-,37-,38+,39-/m0/s1. The first kappa shape index (κ1) is 37.1. The van der Waals surface area contributed by atoms with E-state index >= 15 is 0 Å². The van der Waals surface area contributed by atoms with Gasteiger partial charge in [-0.15, -0.1) is 0 Å². The van der Waals surface area contributed by atoms with Crippen LogP contribution in [0.5, 0.6) is 0 Å². The molecule has 4 aliphatic carbocycles. The lowest BCUT2D eigenvalue weighted by Gasteiger charge is -2.68. The predicted molar refractivity (Wildman–Crippen MR) is 180 cm³/mol. The average Bonchev–Trinajstić information content (AvgIpc) is 3.36. The zero-order chi connectivity index (χ0) is 36.5. The number of rotatable bonds is 8. The number of allylic oxidation sites excluding steroid dienone is 2. The van der Waals surface area contributed by atoms with Gasteiger partial charge < -0.3 is 23.4 Å². The molecular weight excluding hydrogens is 628 g/mol. The Hall–Kier alpha value is -3.17. The van der Waals surface area contributed by atoms with Gasteiger partial charge in [-0.25, -0.2) is 4.79 Å². The molecule has 5 rings (SSSR count). The van der Waals surface area contributed by atoms with Crippen molar-refractivity contribution < 1.29 is 42.6 Å². The van der Waals surface area contributed by atoms with Crippen LogP contribution < -0.4 is 5.82 Å². The van der Waals surface area contributed by atoms with Gasteiger partial charge >= 0.3 is 23.7 Å². The number of hydrogen-bond donors (Lipinski definition) is 1. The molecule has 0 amide bonds. The summed E-state index contributed by atoms with van der Waals surface area (Å²) in [7, 11) is 0. The van der Waals surface area contributed by atoms with Crippen molar-refractivity contribution in [2.75, 3.05) is 0 Å². The van der Waals surface area contributed by atoms with Gasteiger partial charge in [0.05, 0.1) is 5.41 Å².